The van der Waals surface area contributed by atoms with Gasteiger partial charge in [0.25, 0.3) is 0 Å². The summed E-state index contributed by atoms with van der Waals surface area (Å²) >= 11 is -1.02. The third-order valence-corrected chi connectivity index (χ3v) is 10.5. The molecule has 0 amide bonds. The van der Waals surface area contributed by atoms with Crippen LogP contribution in [0.5, 0.6) is 0 Å². The van der Waals surface area contributed by atoms with Crippen LogP contribution in [0.4, 0.5) is 0 Å². The third-order valence-electron chi connectivity index (χ3n) is 5.29. The van der Waals surface area contributed by atoms with Gasteiger partial charge in [-0.1, -0.05) is 0 Å². The first kappa shape index (κ1) is 16.0. The van der Waals surface area contributed by atoms with Gasteiger partial charge in [-0.25, -0.2) is 0 Å². The number of fused-ring (bicyclic) bond motifs is 2. The fourth-order valence-electron chi connectivity index (χ4n) is 4.08. The first-order valence-electron chi connectivity index (χ1n) is 6.32. The Labute approximate surface area is 123 Å². The summed E-state index contributed by atoms with van der Waals surface area (Å²) < 4.78 is 2.59. The van der Waals surface area contributed by atoms with Crippen molar-refractivity contribution >= 4 is 19.6 Å². The first-order valence-corrected chi connectivity index (χ1v) is 11.9. The molecule has 17 heavy (non-hydrogen) atoms. The number of allylic oxidation sites excluding steroid dienone is 1. The summed E-state index contributed by atoms with van der Waals surface area (Å²) in [4.78, 5) is 2.47. The molecule has 3 unspecified atom stereocenters. The first-order chi connectivity index (χ1) is 7.44. The van der Waals surface area contributed by atoms with Crippen LogP contribution >= 0.6 is 0 Å². The average molecular weight is 417 g/mol. The van der Waals surface area contributed by atoms with Gasteiger partial charge in [0.2, 0.25) is 0 Å². The maximum atomic E-state index is 10.4. The number of hydrogen-bond acceptors (Lipinski definition) is 1. The van der Waals surface area contributed by atoms with Gasteiger partial charge in [-0.05, 0) is 0 Å². The summed E-state index contributed by atoms with van der Waals surface area (Å²) in [5, 5.41) is 10.4. The van der Waals surface area contributed by atoms with Crippen molar-refractivity contribution in [2.24, 2.45) is 16.7 Å². The Hall–Kier alpha value is 0.970. The van der Waals surface area contributed by atoms with Crippen LogP contribution in [0.15, 0.2) is 12.7 Å². The summed E-state index contributed by atoms with van der Waals surface area (Å²) in [6.45, 7) is 8.68. The van der Waals surface area contributed by atoms with Crippen LogP contribution in [0.3, 0.4) is 0 Å². The maximum absolute atomic E-state index is 10.4. The van der Waals surface area contributed by atoms with E-state index in [0.29, 0.717) is 5.41 Å². The van der Waals surface area contributed by atoms with Gasteiger partial charge in [0, 0.05) is 0 Å². The van der Waals surface area contributed by atoms with Crippen molar-refractivity contribution in [2.75, 3.05) is 0 Å². The largest absolute Gasteiger partial charge is 1.00 e. The van der Waals surface area contributed by atoms with Gasteiger partial charge < -0.3 is 17.0 Å². The Kier molecular flexibility index (Phi) is 5.21. The minimum Gasteiger partial charge on any atom is -1.00 e. The molecule has 2 aliphatic rings. The van der Waals surface area contributed by atoms with E-state index in [0.717, 1.165) is 12.3 Å². The molecule has 0 aromatic heterocycles. The zero-order chi connectivity index (χ0) is 12.0. The summed E-state index contributed by atoms with van der Waals surface area (Å²) in [6, 6.07) is 0. The molecule has 0 spiro atoms. The van der Waals surface area contributed by atoms with E-state index in [2.05, 4.69) is 31.5 Å². The van der Waals surface area contributed by atoms with E-state index in [-0.39, 0.29) is 28.5 Å². The van der Waals surface area contributed by atoms with Crippen LogP contribution in [0.25, 0.3) is 0 Å². The average Bonchev–Trinajstić information content (AvgIpc) is 2.51. The van der Waals surface area contributed by atoms with Gasteiger partial charge in [-0.2, -0.15) is 0 Å². The van der Waals surface area contributed by atoms with Crippen molar-refractivity contribution in [3.8, 4) is 0 Å². The van der Waals surface area contributed by atoms with E-state index < -0.39 is 19.6 Å². The van der Waals surface area contributed by atoms with Crippen LogP contribution in [-0.4, -0.2) is 30.8 Å². The van der Waals surface area contributed by atoms with Crippen molar-refractivity contribution in [1.29, 1.82) is 0 Å². The molecular weight excluding hydrogens is 392 g/mol. The molecule has 0 aromatic rings. The van der Waals surface area contributed by atoms with Gasteiger partial charge in [0.15, 0.2) is 0 Å². The summed E-state index contributed by atoms with van der Waals surface area (Å²) in [6.07, 6.45) is 5.76. The Morgan fingerprint density at radius 3 is 2.53 bits per heavy atom. The number of hydrogen-bond donors (Lipinski definition) is 1. The number of aliphatic hydroxyl groups is 1. The van der Waals surface area contributed by atoms with Crippen molar-refractivity contribution in [2.45, 2.75) is 53.1 Å². The molecule has 2 bridgehead atoms. The monoisotopic (exact) mass is 418 g/mol. The molecule has 2 fully saturated rings. The third kappa shape index (κ3) is 2.38. The quantitative estimate of drug-likeness (QED) is 0.522. The fraction of sp³-hybridized carbons (Fsp3) is 0.857. The predicted molar refractivity (Wildman–Crippen MR) is 71.0 cm³/mol. The zero-order valence-corrected chi connectivity index (χ0v) is 15.1. The molecule has 0 aliphatic heterocycles. The van der Waals surface area contributed by atoms with Crippen LogP contribution < -0.4 is 17.0 Å². The van der Waals surface area contributed by atoms with Gasteiger partial charge in [-0.3, -0.25) is 0 Å². The van der Waals surface area contributed by atoms with Crippen LogP contribution in [0.2, 0.25) is 13.9 Å². The molecule has 2 aliphatic carbocycles. The second kappa shape index (κ2) is 5.53. The van der Waals surface area contributed by atoms with Crippen molar-refractivity contribution in [1.82, 2.24) is 0 Å². The second-order valence-corrected chi connectivity index (χ2v) is 12.5. The van der Waals surface area contributed by atoms with Crippen LogP contribution in [0, 0.1) is 16.7 Å². The predicted octanol–water partition coefficient (Wildman–Crippen LogP) is 0.488. The molecule has 2 rings (SSSR count). The van der Waals surface area contributed by atoms with Crippen molar-refractivity contribution in [3.63, 3.8) is 0 Å². The zero-order valence-electron chi connectivity index (χ0n) is 11.2. The number of rotatable bonds is 4. The molecule has 3 atom stereocenters. The SMILES string of the molecule is C=CC[Te+](C)CC12CCC(CC1O)C2(C)C.[Br-]. The van der Waals surface area contributed by atoms with Gasteiger partial charge in [0.05, 0.1) is 0 Å². The van der Waals surface area contributed by atoms with Crippen LogP contribution in [0.1, 0.15) is 33.1 Å². The van der Waals surface area contributed by atoms with E-state index in [4.69, 9.17) is 0 Å². The normalized spacial score (nSPS) is 38.2. The standard InChI is InChI=1S/C14H25OTe.BrH/c1-5-8-16(4)10-14-7-6-11(9-12(14)15)13(14,2)3;/h5,11-12,15H,1,6-10H2,2-4H3;1H/q+1;/p-1. The van der Waals surface area contributed by atoms with Crippen LogP contribution in [-0.2, 0) is 0 Å². The summed E-state index contributed by atoms with van der Waals surface area (Å²) in [5.41, 5.74) is 0.648. The van der Waals surface area contributed by atoms with Gasteiger partial charge >= 0.3 is 107 Å². The number of aliphatic hydroxyl groups excluding tert-OH is 1. The van der Waals surface area contributed by atoms with E-state index >= 15 is 0 Å². The molecular formula is C14H25BrOTe. The molecule has 0 radical (unpaired) electrons. The van der Waals surface area contributed by atoms with E-state index in [1.807, 2.05) is 0 Å². The maximum Gasteiger partial charge on any atom is -1.00 e. The number of halogens is 1. The Balaban J connectivity index is 0.00000144. The molecule has 0 aromatic carbocycles. The molecule has 0 saturated heterocycles. The van der Waals surface area contributed by atoms with E-state index in [1.165, 1.54) is 21.8 Å². The minimum absolute atomic E-state index is 0. The van der Waals surface area contributed by atoms with E-state index in [1.54, 1.807) is 0 Å². The van der Waals surface area contributed by atoms with Crippen molar-refractivity contribution < 1.29 is 22.1 Å². The van der Waals surface area contributed by atoms with Gasteiger partial charge in [-0.15, -0.1) is 0 Å². The minimum atomic E-state index is -1.02. The summed E-state index contributed by atoms with van der Waals surface area (Å²) in [5.74, 6) is 0.776. The molecule has 100 valence electrons. The molecule has 3 heteroatoms. The second-order valence-electron chi connectivity index (χ2n) is 6.25. The Morgan fingerprint density at radius 1 is 1.47 bits per heavy atom. The molecule has 1 nitrogen and oxygen atoms in total. The Morgan fingerprint density at radius 2 is 2.12 bits per heavy atom. The molecule has 1 N–H and O–H groups in total. The Bertz CT molecular complexity index is 292. The topological polar surface area (TPSA) is 20.2 Å². The van der Waals surface area contributed by atoms with Crippen molar-refractivity contribution in [3.05, 3.63) is 12.7 Å². The van der Waals surface area contributed by atoms with Gasteiger partial charge in [0.1, 0.15) is 0 Å². The fourth-order valence-corrected chi connectivity index (χ4v) is 10.1. The molecule has 2 saturated carbocycles. The summed E-state index contributed by atoms with van der Waals surface area (Å²) in [7, 11) is 0. The smallest absolute Gasteiger partial charge is 1.00 e. The molecule has 0 heterocycles. The van der Waals surface area contributed by atoms with E-state index in [9.17, 15) is 5.11 Å².